The van der Waals surface area contributed by atoms with Crippen LogP contribution in [0.3, 0.4) is 0 Å². The Morgan fingerprint density at radius 1 is 1.35 bits per heavy atom. The first-order chi connectivity index (χ1) is 11.0. The van der Waals surface area contributed by atoms with E-state index in [1.165, 1.54) is 4.88 Å². The molecule has 1 aliphatic rings. The number of hydrogen-bond donors (Lipinski definition) is 2. The van der Waals surface area contributed by atoms with Crippen molar-refractivity contribution in [2.75, 3.05) is 46.4 Å². The summed E-state index contributed by atoms with van der Waals surface area (Å²) in [4.78, 5) is 8.05. The number of nitrogens with one attached hydrogen (secondary N) is 2. The fourth-order valence-corrected chi connectivity index (χ4v) is 3.68. The molecule has 0 bridgehead atoms. The summed E-state index contributed by atoms with van der Waals surface area (Å²) in [5, 5.41) is 6.79. The van der Waals surface area contributed by atoms with Gasteiger partial charge in [-0.05, 0) is 32.4 Å². The van der Waals surface area contributed by atoms with E-state index in [1.807, 2.05) is 6.07 Å². The third-order valence-corrected chi connectivity index (χ3v) is 5.36. The van der Waals surface area contributed by atoms with Crippen LogP contribution in [0.15, 0.2) is 17.1 Å². The van der Waals surface area contributed by atoms with Crippen LogP contribution in [0.4, 0.5) is 0 Å². The molecule has 5 nitrogen and oxygen atoms in total. The molecule has 0 unspecified atom stereocenters. The number of guanidine groups is 1. The fraction of sp³-hybridized carbons (Fsp3) is 0.688. The second kappa shape index (κ2) is 8.87. The lowest BCUT2D eigenvalue weighted by Crippen LogP contribution is -2.56. The minimum absolute atomic E-state index is 0.0721. The molecule has 1 aliphatic heterocycles. The van der Waals surface area contributed by atoms with E-state index in [-0.39, 0.29) is 5.54 Å². The predicted molar refractivity (Wildman–Crippen MR) is 98.9 cm³/mol. The largest absolute Gasteiger partial charge is 0.379 e. The highest BCUT2D eigenvalue weighted by Crippen LogP contribution is 2.21. The first-order valence-electron chi connectivity index (χ1n) is 8.03. The first-order valence-corrected chi connectivity index (χ1v) is 9.22. The molecule has 130 valence electrons. The molecule has 1 fully saturated rings. The third kappa shape index (κ3) is 5.95. The van der Waals surface area contributed by atoms with Crippen molar-refractivity contribution in [3.05, 3.63) is 21.3 Å². The molecular weight excluding hydrogens is 332 g/mol. The second-order valence-electron chi connectivity index (χ2n) is 6.22. The molecule has 1 aromatic heterocycles. The van der Waals surface area contributed by atoms with Crippen LogP contribution in [0.5, 0.6) is 0 Å². The van der Waals surface area contributed by atoms with E-state index in [9.17, 15) is 0 Å². The maximum atomic E-state index is 5.95. The predicted octanol–water partition coefficient (Wildman–Crippen LogP) is 2.22. The highest BCUT2D eigenvalue weighted by Gasteiger charge is 2.28. The van der Waals surface area contributed by atoms with E-state index < -0.39 is 0 Å². The fourth-order valence-electron chi connectivity index (χ4n) is 2.59. The molecular formula is C16H27ClN4OS. The standard InChI is InChI=1S/C16H27ClN4OS/c1-16(2,21-8-10-22-11-9-21)12-20-15(18-3)19-7-6-13-4-5-14(17)23-13/h4-5H,6-12H2,1-3H3,(H2,18,19,20). The Balaban J connectivity index is 1.73. The minimum atomic E-state index is 0.0721. The van der Waals surface area contributed by atoms with Crippen LogP contribution in [0.1, 0.15) is 18.7 Å². The molecule has 7 heteroatoms. The molecule has 2 heterocycles. The molecule has 0 amide bonds. The van der Waals surface area contributed by atoms with Crippen LogP contribution in [-0.2, 0) is 11.2 Å². The Morgan fingerprint density at radius 2 is 2.09 bits per heavy atom. The van der Waals surface area contributed by atoms with Crippen molar-refractivity contribution in [1.82, 2.24) is 15.5 Å². The zero-order valence-electron chi connectivity index (χ0n) is 14.2. The lowest BCUT2D eigenvalue weighted by atomic mass is 10.0. The number of morpholine rings is 1. The Kier molecular flexibility index (Phi) is 7.14. The van der Waals surface area contributed by atoms with Gasteiger partial charge in [0.2, 0.25) is 0 Å². The van der Waals surface area contributed by atoms with E-state index in [0.717, 1.165) is 56.1 Å². The molecule has 0 spiro atoms. The lowest BCUT2D eigenvalue weighted by Gasteiger charge is -2.41. The number of ether oxygens (including phenoxy) is 1. The maximum absolute atomic E-state index is 5.95. The van der Waals surface area contributed by atoms with Crippen molar-refractivity contribution < 1.29 is 4.74 Å². The zero-order valence-corrected chi connectivity index (χ0v) is 15.8. The van der Waals surface area contributed by atoms with Crippen molar-refractivity contribution in [2.24, 2.45) is 4.99 Å². The highest BCUT2D eigenvalue weighted by molar-refractivity contribution is 7.16. The monoisotopic (exact) mass is 358 g/mol. The van der Waals surface area contributed by atoms with E-state index in [0.29, 0.717) is 0 Å². The summed E-state index contributed by atoms with van der Waals surface area (Å²) in [5.41, 5.74) is 0.0721. The molecule has 0 aromatic carbocycles. The van der Waals surface area contributed by atoms with Gasteiger partial charge in [-0.3, -0.25) is 9.89 Å². The summed E-state index contributed by atoms with van der Waals surface area (Å²) < 4.78 is 6.27. The van der Waals surface area contributed by atoms with Crippen LogP contribution in [0.25, 0.3) is 0 Å². The van der Waals surface area contributed by atoms with Crippen molar-refractivity contribution >= 4 is 28.9 Å². The summed E-state index contributed by atoms with van der Waals surface area (Å²) in [6.07, 6.45) is 0.949. The minimum Gasteiger partial charge on any atom is -0.379 e. The number of nitrogens with zero attached hydrogens (tertiary/aromatic N) is 2. The van der Waals surface area contributed by atoms with Gasteiger partial charge in [-0.25, -0.2) is 0 Å². The number of rotatable bonds is 6. The van der Waals surface area contributed by atoms with Gasteiger partial charge < -0.3 is 15.4 Å². The molecule has 2 rings (SSSR count). The summed E-state index contributed by atoms with van der Waals surface area (Å²) >= 11 is 7.58. The van der Waals surface area contributed by atoms with Crippen molar-refractivity contribution in [3.8, 4) is 0 Å². The van der Waals surface area contributed by atoms with Crippen LogP contribution in [0, 0.1) is 0 Å². The molecule has 23 heavy (non-hydrogen) atoms. The van der Waals surface area contributed by atoms with E-state index in [1.54, 1.807) is 18.4 Å². The molecule has 0 atom stereocenters. The Hall–Kier alpha value is -0.820. The van der Waals surface area contributed by atoms with Gasteiger partial charge in [0, 0.05) is 43.6 Å². The topological polar surface area (TPSA) is 48.9 Å². The van der Waals surface area contributed by atoms with Crippen LogP contribution >= 0.6 is 22.9 Å². The number of hydrogen-bond acceptors (Lipinski definition) is 4. The van der Waals surface area contributed by atoms with Crippen molar-refractivity contribution in [3.63, 3.8) is 0 Å². The lowest BCUT2D eigenvalue weighted by molar-refractivity contribution is -0.00833. The van der Waals surface area contributed by atoms with E-state index in [4.69, 9.17) is 16.3 Å². The molecule has 1 aromatic rings. The van der Waals surface area contributed by atoms with Gasteiger partial charge in [0.05, 0.1) is 17.6 Å². The highest BCUT2D eigenvalue weighted by atomic mass is 35.5. The maximum Gasteiger partial charge on any atom is 0.191 e. The quantitative estimate of drug-likeness (QED) is 0.604. The van der Waals surface area contributed by atoms with Crippen LogP contribution < -0.4 is 10.6 Å². The van der Waals surface area contributed by atoms with E-state index in [2.05, 4.69) is 40.4 Å². The van der Waals surface area contributed by atoms with Gasteiger partial charge in [0.25, 0.3) is 0 Å². The summed E-state index contributed by atoms with van der Waals surface area (Å²) in [5.74, 6) is 0.842. The number of thiophene rings is 1. The summed E-state index contributed by atoms with van der Waals surface area (Å²) in [6, 6.07) is 4.02. The van der Waals surface area contributed by atoms with E-state index >= 15 is 0 Å². The van der Waals surface area contributed by atoms with Gasteiger partial charge in [0.15, 0.2) is 5.96 Å². The SMILES string of the molecule is CN=C(NCCc1ccc(Cl)s1)NCC(C)(C)N1CCOCC1. The molecule has 0 aliphatic carbocycles. The van der Waals surface area contributed by atoms with Gasteiger partial charge in [-0.2, -0.15) is 0 Å². The van der Waals surface area contributed by atoms with Gasteiger partial charge in [-0.1, -0.05) is 11.6 Å². The third-order valence-electron chi connectivity index (χ3n) is 4.07. The normalized spacial score (nSPS) is 17.3. The summed E-state index contributed by atoms with van der Waals surface area (Å²) in [7, 11) is 1.80. The average molecular weight is 359 g/mol. The number of aliphatic imine (C=N–C) groups is 1. The van der Waals surface area contributed by atoms with Crippen molar-refractivity contribution in [1.29, 1.82) is 0 Å². The summed E-state index contributed by atoms with van der Waals surface area (Å²) in [6.45, 7) is 9.81. The van der Waals surface area contributed by atoms with Crippen LogP contribution in [0.2, 0.25) is 4.34 Å². The van der Waals surface area contributed by atoms with Gasteiger partial charge in [-0.15, -0.1) is 11.3 Å². The molecule has 2 N–H and O–H groups in total. The Bertz CT molecular complexity index is 512. The number of halogens is 1. The van der Waals surface area contributed by atoms with Crippen LogP contribution in [-0.4, -0.2) is 62.8 Å². The molecule has 0 radical (unpaired) electrons. The average Bonchev–Trinajstić information content (AvgIpc) is 2.97. The first kappa shape index (κ1) is 18.5. The second-order valence-corrected chi connectivity index (χ2v) is 8.02. The molecule has 1 saturated heterocycles. The Morgan fingerprint density at radius 3 is 2.70 bits per heavy atom. The van der Waals surface area contributed by atoms with Gasteiger partial charge >= 0.3 is 0 Å². The Labute approximate surface area is 148 Å². The molecule has 0 saturated carbocycles. The van der Waals surface area contributed by atoms with Crippen molar-refractivity contribution in [2.45, 2.75) is 25.8 Å². The van der Waals surface area contributed by atoms with Gasteiger partial charge in [0.1, 0.15) is 0 Å². The smallest absolute Gasteiger partial charge is 0.191 e. The zero-order chi connectivity index (χ0) is 16.7.